The van der Waals surface area contributed by atoms with Crippen LogP contribution in [0.2, 0.25) is 0 Å². The molecule has 7 heteroatoms. The van der Waals surface area contributed by atoms with Gasteiger partial charge < -0.3 is 15.3 Å². The number of alkyl halides is 3. The van der Waals surface area contributed by atoms with Crippen molar-refractivity contribution in [3.8, 4) is 0 Å². The van der Waals surface area contributed by atoms with Crippen LogP contribution in [0.1, 0.15) is 31.2 Å². The van der Waals surface area contributed by atoms with Crippen LogP contribution in [-0.2, 0) is 6.18 Å². The molecule has 0 spiro atoms. The standard InChI is InChI=1S/C16H19F3N2O2/c17-16(18,19)12-2-1-3-13(10-12)20-14(22)21-8-6-15(23,7-9-21)11-4-5-11/h1-3,10-11,23H,4-9H2,(H,20,22). The maximum absolute atomic E-state index is 12.7. The Morgan fingerprint density at radius 3 is 2.48 bits per heavy atom. The highest BCUT2D eigenvalue weighted by molar-refractivity contribution is 5.89. The number of nitrogens with zero attached hydrogens (tertiary/aromatic N) is 1. The Morgan fingerprint density at radius 2 is 1.91 bits per heavy atom. The third kappa shape index (κ3) is 3.60. The molecule has 1 saturated carbocycles. The van der Waals surface area contributed by atoms with Crippen molar-refractivity contribution in [2.24, 2.45) is 5.92 Å². The average Bonchev–Trinajstić information content (AvgIpc) is 3.32. The molecule has 2 amide bonds. The minimum absolute atomic E-state index is 0.118. The third-order valence-corrected chi connectivity index (χ3v) is 4.69. The van der Waals surface area contributed by atoms with E-state index in [4.69, 9.17) is 0 Å². The Hall–Kier alpha value is -1.76. The number of carbonyl (C=O) groups is 1. The van der Waals surface area contributed by atoms with Gasteiger partial charge in [-0.1, -0.05) is 6.07 Å². The maximum atomic E-state index is 12.7. The van der Waals surface area contributed by atoms with Gasteiger partial charge in [-0.15, -0.1) is 0 Å². The lowest BCUT2D eigenvalue weighted by Gasteiger charge is -2.38. The maximum Gasteiger partial charge on any atom is 0.416 e. The number of piperidine rings is 1. The van der Waals surface area contributed by atoms with E-state index < -0.39 is 23.4 Å². The number of aliphatic hydroxyl groups is 1. The van der Waals surface area contributed by atoms with Gasteiger partial charge in [0.15, 0.2) is 0 Å². The predicted molar refractivity (Wildman–Crippen MR) is 78.9 cm³/mol. The van der Waals surface area contributed by atoms with Crippen molar-refractivity contribution in [2.45, 2.75) is 37.5 Å². The van der Waals surface area contributed by atoms with E-state index in [2.05, 4.69) is 5.32 Å². The molecule has 0 bridgehead atoms. The molecule has 0 radical (unpaired) electrons. The van der Waals surface area contributed by atoms with E-state index in [1.807, 2.05) is 0 Å². The predicted octanol–water partition coefficient (Wildman–Crippen LogP) is 3.47. The molecule has 2 N–H and O–H groups in total. The lowest BCUT2D eigenvalue weighted by molar-refractivity contribution is -0.137. The van der Waals surface area contributed by atoms with Gasteiger partial charge in [0.2, 0.25) is 0 Å². The molecule has 2 fully saturated rings. The summed E-state index contributed by atoms with van der Waals surface area (Å²) in [6.45, 7) is 0.829. The molecule has 0 aromatic heterocycles. The zero-order chi connectivity index (χ0) is 16.7. The molecule has 0 unspecified atom stereocenters. The van der Waals surface area contributed by atoms with Gasteiger partial charge >= 0.3 is 12.2 Å². The first kappa shape index (κ1) is 16.1. The molecule has 1 aromatic rings. The SMILES string of the molecule is O=C(Nc1cccc(C(F)(F)F)c1)N1CCC(O)(C2CC2)CC1. The quantitative estimate of drug-likeness (QED) is 0.873. The first-order valence-corrected chi connectivity index (χ1v) is 7.73. The molecular weight excluding hydrogens is 309 g/mol. The normalized spacial score (nSPS) is 21.1. The summed E-state index contributed by atoms with van der Waals surface area (Å²) in [5.41, 5.74) is -1.35. The second-order valence-electron chi connectivity index (χ2n) is 6.37. The van der Waals surface area contributed by atoms with Crippen molar-refractivity contribution < 1.29 is 23.1 Å². The van der Waals surface area contributed by atoms with Crippen LogP contribution in [0.15, 0.2) is 24.3 Å². The smallest absolute Gasteiger partial charge is 0.389 e. The summed E-state index contributed by atoms with van der Waals surface area (Å²) in [7, 11) is 0. The van der Waals surface area contributed by atoms with Crippen molar-refractivity contribution in [2.75, 3.05) is 18.4 Å². The van der Waals surface area contributed by atoms with Crippen LogP contribution in [-0.4, -0.2) is 34.7 Å². The molecule has 1 saturated heterocycles. The number of carbonyl (C=O) groups excluding carboxylic acids is 1. The Kier molecular flexibility index (Phi) is 4.00. The van der Waals surface area contributed by atoms with Crippen LogP contribution in [0, 0.1) is 5.92 Å². The topological polar surface area (TPSA) is 52.6 Å². The van der Waals surface area contributed by atoms with Crippen molar-refractivity contribution in [3.05, 3.63) is 29.8 Å². The van der Waals surface area contributed by atoms with Crippen LogP contribution < -0.4 is 5.32 Å². The van der Waals surface area contributed by atoms with Gasteiger partial charge in [0.1, 0.15) is 0 Å². The number of hydrogen-bond donors (Lipinski definition) is 2. The van der Waals surface area contributed by atoms with Gasteiger partial charge in [-0.05, 0) is 49.8 Å². The van der Waals surface area contributed by atoms with Gasteiger partial charge in [0.05, 0.1) is 11.2 Å². The summed E-state index contributed by atoms with van der Waals surface area (Å²) in [6, 6.07) is 4.15. The first-order chi connectivity index (χ1) is 10.8. The minimum atomic E-state index is -4.44. The molecular formula is C16H19F3N2O2. The summed E-state index contributed by atoms with van der Waals surface area (Å²) in [6.07, 6.45) is -1.33. The Labute approximate surface area is 132 Å². The summed E-state index contributed by atoms with van der Waals surface area (Å²) in [5, 5.41) is 12.9. The van der Waals surface area contributed by atoms with Gasteiger partial charge in [-0.3, -0.25) is 0 Å². The highest BCUT2D eigenvalue weighted by Gasteiger charge is 2.45. The number of urea groups is 1. The molecule has 126 valence electrons. The number of nitrogens with one attached hydrogen (secondary N) is 1. The van der Waals surface area contributed by atoms with Crippen LogP contribution >= 0.6 is 0 Å². The summed E-state index contributed by atoms with van der Waals surface area (Å²) in [5.74, 6) is 0.344. The van der Waals surface area contributed by atoms with Gasteiger partial charge in [0, 0.05) is 18.8 Å². The van der Waals surface area contributed by atoms with Crippen molar-refractivity contribution in [1.82, 2.24) is 4.90 Å². The second-order valence-corrected chi connectivity index (χ2v) is 6.37. The van der Waals surface area contributed by atoms with Crippen molar-refractivity contribution in [1.29, 1.82) is 0 Å². The van der Waals surface area contributed by atoms with E-state index in [0.717, 1.165) is 25.0 Å². The first-order valence-electron chi connectivity index (χ1n) is 7.73. The number of hydrogen-bond acceptors (Lipinski definition) is 2. The van der Waals surface area contributed by atoms with E-state index in [1.54, 1.807) is 0 Å². The molecule has 1 aliphatic carbocycles. The van der Waals surface area contributed by atoms with Gasteiger partial charge in [-0.2, -0.15) is 13.2 Å². The van der Waals surface area contributed by atoms with Gasteiger partial charge in [-0.25, -0.2) is 4.79 Å². The fourth-order valence-corrected chi connectivity index (χ4v) is 3.10. The Bertz CT molecular complexity index is 591. The number of anilines is 1. The van der Waals surface area contributed by atoms with Crippen molar-refractivity contribution in [3.63, 3.8) is 0 Å². The molecule has 1 aromatic carbocycles. The van der Waals surface area contributed by atoms with Gasteiger partial charge in [0.25, 0.3) is 0 Å². The van der Waals surface area contributed by atoms with Crippen LogP contribution in [0.3, 0.4) is 0 Å². The number of benzene rings is 1. The fourth-order valence-electron chi connectivity index (χ4n) is 3.10. The Balaban J connectivity index is 1.59. The summed E-state index contributed by atoms with van der Waals surface area (Å²) in [4.78, 5) is 13.7. The lowest BCUT2D eigenvalue weighted by atomic mass is 9.87. The fraction of sp³-hybridized carbons (Fsp3) is 0.562. The number of likely N-dealkylation sites (tertiary alicyclic amines) is 1. The monoisotopic (exact) mass is 328 g/mol. The molecule has 1 heterocycles. The zero-order valence-electron chi connectivity index (χ0n) is 12.6. The van der Waals surface area contributed by atoms with E-state index in [9.17, 15) is 23.1 Å². The zero-order valence-corrected chi connectivity index (χ0v) is 12.6. The molecule has 23 heavy (non-hydrogen) atoms. The molecule has 1 aliphatic heterocycles. The molecule has 4 nitrogen and oxygen atoms in total. The lowest BCUT2D eigenvalue weighted by Crippen LogP contribution is -2.49. The highest BCUT2D eigenvalue weighted by Crippen LogP contribution is 2.45. The molecule has 2 aliphatic rings. The van der Waals surface area contributed by atoms with E-state index in [1.165, 1.54) is 17.0 Å². The Morgan fingerprint density at radius 1 is 1.26 bits per heavy atom. The minimum Gasteiger partial charge on any atom is -0.389 e. The number of halogens is 3. The number of amides is 2. The van der Waals surface area contributed by atoms with Crippen LogP contribution in [0.25, 0.3) is 0 Å². The van der Waals surface area contributed by atoms with Crippen molar-refractivity contribution >= 4 is 11.7 Å². The summed E-state index contributed by atoms with van der Waals surface area (Å²) < 4.78 is 38.0. The summed E-state index contributed by atoms with van der Waals surface area (Å²) >= 11 is 0. The largest absolute Gasteiger partial charge is 0.416 e. The van der Waals surface area contributed by atoms with Crippen LogP contribution in [0.4, 0.5) is 23.7 Å². The average molecular weight is 328 g/mol. The van der Waals surface area contributed by atoms with Crippen LogP contribution in [0.5, 0.6) is 0 Å². The van der Waals surface area contributed by atoms with E-state index in [0.29, 0.717) is 31.8 Å². The van der Waals surface area contributed by atoms with E-state index >= 15 is 0 Å². The number of rotatable bonds is 2. The highest BCUT2D eigenvalue weighted by atomic mass is 19.4. The second kappa shape index (κ2) is 5.70. The van der Waals surface area contributed by atoms with E-state index in [-0.39, 0.29) is 5.69 Å². The molecule has 0 atom stereocenters. The molecule has 3 rings (SSSR count). The third-order valence-electron chi connectivity index (χ3n) is 4.69.